The number of carbonyl (C=O) groups excluding carboxylic acids is 1. The number of nitrogens with zero attached hydrogens (tertiary/aromatic N) is 2. The Hall–Kier alpha value is -1.40. The van der Waals surface area contributed by atoms with Gasteiger partial charge in [-0.15, -0.1) is 0 Å². The SMILES string of the molecule is CN(CCOc1ccc(Br)cc1)C(=O)c1cccc(Br)n1. The number of benzene rings is 1. The molecule has 2 rings (SSSR count). The summed E-state index contributed by atoms with van der Waals surface area (Å²) in [5, 5.41) is 0. The summed E-state index contributed by atoms with van der Waals surface area (Å²) in [5.41, 5.74) is 0.413. The van der Waals surface area contributed by atoms with Gasteiger partial charge in [-0.05, 0) is 52.3 Å². The molecule has 6 heteroatoms. The number of rotatable bonds is 5. The van der Waals surface area contributed by atoms with Gasteiger partial charge in [0, 0.05) is 11.5 Å². The number of amides is 1. The Labute approximate surface area is 140 Å². The molecule has 0 atom stereocenters. The average molecular weight is 414 g/mol. The van der Waals surface area contributed by atoms with Crippen LogP contribution in [0, 0.1) is 0 Å². The fraction of sp³-hybridized carbons (Fsp3) is 0.200. The number of hydrogen-bond acceptors (Lipinski definition) is 3. The van der Waals surface area contributed by atoms with E-state index >= 15 is 0 Å². The van der Waals surface area contributed by atoms with Crippen LogP contribution in [0.1, 0.15) is 10.5 Å². The molecule has 1 aromatic carbocycles. The summed E-state index contributed by atoms with van der Waals surface area (Å²) in [6.07, 6.45) is 0. The zero-order valence-electron chi connectivity index (χ0n) is 11.4. The highest BCUT2D eigenvalue weighted by atomic mass is 79.9. The molecule has 0 fully saturated rings. The summed E-state index contributed by atoms with van der Waals surface area (Å²) < 4.78 is 7.25. The molecule has 0 bridgehead atoms. The summed E-state index contributed by atoms with van der Waals surface area (Å²) in [6.45, 7) is 0.918. The quantitative estimate of drug-likeness (QED) is 0.701. The Morgan fingerprint density at radius 3 is 2.57 bits per heavy atom. The maximum absolute atomic E-state index is 12.2. The van der Waals surface area contributed by atoms with Gasteiger partial charge in [0.05, 0.1) is 6.54 Å². The van der Waals surface area contributed by atoms with E-state index in [4.69, 9.17) is 4.74 Å². The van der Waals surface area contributed by atoms with E-state index in [1.54, 1.807) is 30.1 Å². The van der Waals surface area contributed by atoms with Crippen molar-refractivity contribution in [2.75, 3.05) is 20.2 Å². The molecule has 2 aromatic rings. The first kappa shape index (κ1) is 16.0. The van der Waals surface area contributed by atoms with Crippen LogP contribution in [-0.4, -0.2) is 36.0 Å². The number of hydrogen-bond donors (Lipinski definition) is 0. The van der Waals surface area contributed by atoms with Crippen LogP contribution in [0.5, 0.6) is 5.75 Å². The van der Waals surface area contributed by atoms with Gasteiger partial charge in [-0.2, -0.15) is 0 Å². The molecule has 0 aliphatic carbocycles. The third kappa shape index (κ3) is 4.82. The lowest BCUT2D eigenvalue weighted by Crippen LogP contribution is -2.31. The fourth-order valence-corrected chi connectivity index (χ4v) is 2.26. The van der Waals surface area contributed by atoms with Crippen molar-refractivity contribution in [1.29, 1.82) is 0 Å². The highest BCUT2D eigenvalue weighted by molar-refractivity contribution is 9.10. The van der Waals surface area contributed by atoms with Gasteiger partial charge in [0.1, 0.15) is 22.7 Å². The van der Waals surface area contributed by atoms with Crippen molar-refractivity contribution < 1.29 is 9.53 Å². The van der Waals surface area contributed by atoms with Crippen molar-refractivity contribution in [2.24, 2.45) is 0 Å². The first-order valence-corrected chi connectivity index (χ1v) is 7.91. The second-order valence-corrected chi connectivity index (χ2v) is 6.10. The van der Waals surface area contributed by atoms with Crippen molar-refractivity contribution >= 4 is 37.8 Å². The highest BCUT2D eigenvalue weighted by Gasteiger charge is 2.13. The molecular weight excluding hydrogens is 400 g/mol. The predicted octanol–water partition coefficient (Wildman–Crippen LogP) is 3.76. The van der Waals surface area contributed by atoms with Crippen LogP contribution in [0.2, 0.25) is 0 Å². The number of carbonyl (C=O) groups is 1. The summed E-state index contributed by atoms with van der Waals surface area (Å²) in [6, 6.07) is 12.8. The number of pyridine rings is 1. The Morgan fingerprint density at radius 1 is 1.19 bits per heavy atom. The predicted molar refractivity (Wildman–Crippen MR) is 88.5 cm³/mol. The van der Waals surface area contributed by atoms with Crippen molar-refractivity contribution in [1.82, 2.24) is 9.88 Å². The van der Waals surface area contributed by atoms with E-state index < -0.39 is 0 Å². The Kier molecular flexibility index (Phi) is 5.76. The van der Waals surface area contributed by atoms with E-state index in [1.165, 1.54) is 0 Å². The molecule has 0 saturated carbocycles. The van der Waals surface area contributed by atoms with Crippen LogP contribution < -0.4 is 4.74 Å². The summed E-state index contributed by atoms with van der Waals surface area (Å²) in [5.74, 6) is 0.648. The van der Waals surface area contributed by atoms with E-state index in [2.05, 4.69) is 36.8 Å². The number of halogens is 2. The molecule has 0 aliphatic rings. The van der Waals surface area contributed by atoms with E-state index in [0.717, 1.165) is 10.2 Å². The van der Waals surface area contributed by atoms with Crippen molar-refractivity contribution in [3.05, 3.63) is 57.2 Å². The smallest absolute Gasteiger partial charge is 0.272 e. The van der Waals surface area contributed by atoms with Crippen LogP contribution in [0.15, 0.2) is 51.5 Å². The maximum Gasteiger partial charge on any atom is 0.272 e. The van der Waals surface area contributed by atoms with Crippen LogP contribution in [0.3, 0.4) is 0 Å². The summed E-state index contributed by atoms with van der Waals surface area (Å²) in [7, 11) is 1.73. The summed E-state index contributed by atoms with van der Waals surface area (Å²) in [4.78, 5) is 17.9. The number of aromatic nitrogens is 1. The van der Waals surface area contributed by atoms with Crippen LogP contribution in [-0.2, 0) is 0 Å². The van der Waals surface area contributed by atoms with Crippen LogP contribution >= 0.6 is 31.9 Å². The monoisotopic (exact) mass is 412 g/mol. The minimum Gasteiger partial charge on any atom is -0.492 e. The molecular formula is C15H14Br2N2O2. The van der Waals surface area contributed by atoms with Crippen LogP contribution in [0.25, 0.3) is 0 Å². The highest BCUT2D eigenvalue weighted by Crippen LogP contribution is 2.16. The van der Waals surface area contributed by atoms with Gasteiger partial charge < -0.3 is 9.64 Å². The van der Waals surface area contributed by atoms with E-state index in [1.807, 2.05) is 24.3 Å². The lowest BCUT2D eigenvalue weighted by Gasteiger charge is -2.17. The molecule has 21 heavy (non-hydrogen) atoms. The molecule has 0 aliphatic heterocycles. The zero-order valence-corrected chi connectivity index (χ0v) is 14.6. The van der Waals surface area contributed by atoms with Gasteiger partial charge in [-0.3, -0.25) is 4.79 Å². The lowest BCUT2D eigenvalue weighted by molar-refractivity contribution is 0.0768. The largest absolute Gasteiger partial charge is 0.492 e. The standard InChI is InChI=1S/C15H14Br2N2O2/c1-19(15(20)13-3-2-4-14(17)18-13)9-10-21-12-7-5-11(16)6-8-12/h2-8H,9-10H2,1H3. The second kappa shape index (κ2) is 7.56. The maximum atomic E-state index is 12.2. The van der Waals surface area contributed by atoms with Crippen LogP contribution in [0.4, 0.5) is 0 Å². The Morgan fingerprint density at radius 2 is 1.90 bits per heavy atom. The molecule has 0 spiro atoms. The molecule has 110 valence electrons. The Bertz CT molecular complexity index is 617. The molecule has 1 heterocycles. The molecule has 0 saturated heterocycles. The molecule has 4 nitrogen and oxygen atoms in total. The lowest BCUT2D eigenvalue weighted by atomic mass is 10.3. The van der Waals surface area contributed by atoms with Gasteiger partial charge in [0.25, 0.3) is 5.91 Å². The topological polar surface area (TPSA) is 42.4 Å². The summed E-state index contributed by atoms with van der Waals surface area (Å²) >= 11 is 6.63. The average Bonchev–Trinajstić information content (AvgIpc) is 2.48. The molecule has 0 N–H and O–H groups in total. The Balaban J connectivity index is 1.85. The van der Waals surface area contributed by atoms with Gasteiger partial charge in [-0.1, -0.05) is 22.0 Å². The second-order valence-electron chi connectivity index (χ2n) is 4.37. The zero-order chi connectivity index (χ0) is 15.2. The fourth-order valence-electron chi connectivity index (χ4n) is 1.66. The van der Waals surface area contributed by atoms with Gasteiger partial charge in [0.2, 0.25) is 0 Å². The third-order valence-corrected chi connectivity index (χ3v) is 3.76. The van der Waals surface area contributed by atoms with Gasteiger partial charge >= 0.3 is 0 Å². The minimum absolute atomic E-state index is 0.129. The van der Waals surface area contributed by atoms with Crippen molar-refractivity contribution in [2.45, 2.75) is 0 Å². The third-order valence-electron chi connectivity index (χ3n) is 2.79. The van der Waals surface area contributed by atoms with E-state index in [9.17, 15) is 4.79 Å². The van der Waals surface area contributed by atoms with E-state index in [-0.39, 0.29) is 5.91 Å². The number of ether oxygens (including phenoxy) is 1. The molecule has 0 unspecified atom stereocenters. The van der Waals surface area contributed by atoms with E-state index in [0.29, 0.717) is 23.4 Å². The normalized spacial score (nSPS) is 10.2. The first-order chi connectivity index (χ1) is 10.1. The molecule has 0 radical (unpaired) electrons. The van der Waals surface area contributed by atoms with Gasteiger partial charge in [-0.25, -0.2) is 4.98 Å². The minimum atomic E-state index is -0.129. The number of likely N-dealkylation sites (N-methyl/N-ethyl adjacent to an activating group) is 1. The van der Waals surface area contributed by atoms with Gasteiger partial charge in [0.15, 0.2) is 0 Å². The first-order valence-electron chi connectivity index (χ1n) is 6.32. The van der Waals surface area contributed by atoms with Crippen molar-refractivity contribution in [3.63, 3.8) is 0 Å². The van der Waals surface area contributed by atoms with Crippen molar-refractivity contribution in [3.8, 4) is 5.75 Å². The molecule has 1 aromatic heterocycles. The molecule has 1 amide bonds.